The molecule has 1 aromatic rings. The Balaban J connectivity index is 2.35. The number of thioether (sulfide) groups is 1. The lowest BCUT2D eigenvalue weighted by Gasteiger charge is -2.17. The molecule has 0 fully saturated rings. The van der Waals surface area contributed by atoms with E-state index >= 15 is 0 Å². The Bertz CT molecular complexity index is 459. The van der Waals surface area contributed by atoms with Gasteiger partial charge in [0.1, 0.15) is 0 Å². The predicted molar refractivity (Wildman–Crippen MR) is 75.9 cm³/mol. The zero-order chi connectivity index (χ0) is 11.5. The lowest BCUT2D eigenvalue weighted by Crippen LogP contribution is -2.26. The number of thiocarbonyl (C=S) groups is 1. The van der Waals surface area contributed by atoms with E-state index in [-0.39, 0.29) is 5.11 Å². The molecule has 0 aliphatic carbocycles. The van der Waals surface area contributed by atoms with Gasteiger partial charge in [-0.25, -0.2) is 0 Å². The quantitative estimate of drug-likeness (QED) is 0.617. The molecule has 0 saturated heterocycles. The molecule has 16 heavy (non-hydrogen) atoms. The normalized spacial score (nSPS) is 16.9. The average molecular weight is 316 g/mol. The Hall–Kier alpha value is -0.590. The fourth-order valence-electron chi connectivity index (χ4n) is 1.48. The van der Waals surface area contributed by atoms with Gasteiger partial charge in [0.05, 0.1) is 5.71 Å². The minimum absolute atomic E-state index is 0.197. The molecule has 0 bridgehead atoms. The largest absolute Gasteiger partial charge is 0.375 e. The van der Waals surface area contributed by atoms with E-state index < -0.39 is 0 Å². The summed E-state index contributed by atoms with van der Waals surface area (Å²) < 4.78 is 1.05. The molecule has 6 heteroatoms. The third kappa shape index (κ3) is 2.75. The minimum Gasteiger partial charge on any atom is -0.375 e. The fraction of sp³-hybridized carbons (Fsp3) is 0.200. The first-order chi connectivity index (χ1) is 7.66. The standard InChI is InChI=1S/C10H10BrN3S2/c11-6-1-2-9-7(5-6)8(3-4-16-9)13-14-10(12)15/h1-2,5H,3-4H2,(H3,12,14,15)/b13-8+. The Kier molecular flexibility index (Phi) is 3.83. The van der Waals surface area contributed by atoms with Crippen LogP contribution in [0.15, 0.2) is 32.7 Å². The zero-order valence-electron chi connectivity index (χ0n) is 8.37. The summed E-state index contributed by atoms with van der Waals surface area (Å²) in [6.07, 6.45) is 0.920. The molecule has 1 aliphatic rings. The van der Waals surface area contributed by atoms with Crippen molar-refractivity contribution in [3.63, 3.8) is 0 Å². The van der Waals surface area contributed by atoms with Gasteiger partial charge in [-0.05, 0) is 30.4 Å². The van der Waals surface area contributed by atoms with E-state index in [4.69, 9.17) is 18.0 Å². The van der Waals surface area contributed by atoms with Crippen molar-refractivity contribution in [2.24, 2.45) is 10.8 Å². The van der Waals surface area contributed by atoms with Gasteiger partial charge in [-0.15, -0.1) is 11.8 Å². The second kappa shape index (κ2) is 5.16. The monoisotopic (exact) mass is 315 g/mol. The van der Waals surface area contributed by atoms with Crippen LogP contribution in [0.1, 0.15) is 12.0 Å². The molecule has 0 saturated carbocycles. The van der Waals surface area contributed by atoms with Crippen molar-refractivity contribution in [1.82, 2.24) is 5.43 Å². The van der Waals surface area contributed by atoms with Crippen LogP contribution in [-0.2, 0) is 0 Å². The Labute approximate surface area is 112 Å². The lowest BCUT2D eigenvalue weighted by atomic mass is 10.1. The highest BCUT2D eigenvalue weighted by Gasteiger charge is 2.16. The number of nitrogens with one attached hydrogen (secondary N) is 1. The van der Waals surface area contributed by atoms with Gasteiger partial charge in [0, 0.05) is 27.1 Å². The zero-order valence-corrected chi connectivity index (χ0v) is 11.6. The van der Waals surface area contributed by atoms with E-state index in [9.17, 15) is 0 Å². The number of benzene rings is 1. The van der Waals surface area contributed by atoms with Gasteiger partial charge in [-0.2, -0.15) is 5.10 Å². The van der Waals surface area contributed by atoms with Crippen LogP contribution in [0.3, 0.4) is 0 Å². The first-order valence-electron chi connectivity index (χ1n) is 4.71. The predicted octanol–water partition coefficient (Wildman–Crippen LogP) is 2.48. The van der Waals surface area contributed by atoms with Crippen LogP contribution in [0.4, 0.5) is 0 Å². The SMILES string of the molecule is NC(=S)N/N=C1\CCSc2ccc(Br)cc21. The van der Waals surface area contributed by atoms with Crippen LogP contribution in [0.25, 0.3) is 0 Å². The van der Waals surface area contributed by atoms with E-state index in [1.807, 2.05) is 17.8 Å². The summed E-state index contributed by atoms with van der Waals surface area (Å²) in [6, 6.07) is 6.21. The lowest BCUT2D eigenvalue weighted by molar-refractivity contribution is 1.01. The molecule has 0 atom stereocenters. The number of hydrazone groups is 1. The number of hydrogen-bond donors (Lipinski definition) is 2. The van der Waals surface area contributed by atoms with Crippen LogP contribution in [0.5, 0.6) is 0 Å². The molecule has 3 N–H and O–H groups in total. The Morgan fingerprint density at radius 2 is 2.38 bits per heavy atom. The van der Waals surface area contributed by atoms with Gasteiger partial charge in [-0.3, -0.25) is 5.43 Å². The second-order valence-corrected chi connectivity index (χ2v) is 5.77. The van der Waals surface area contributed by atoms with Gasteiger partial charge in [0.15, 0.2) is 5.11 Å². The maximum Gasteiger partial charge on any atom is 0.184 e. The molecule has 1 aliphatic heterocycles. The van der Waals surface area contributed by atoms with E-state index in [1.165, 1.54) is 4.90 Å². The molecular formula is C10H10BrN3S2. The topological polar surface area (TPSA) is 50.4 Å². The van der Waals surface area contributed by atoms with Gasteiger partial charge < -0.3 is 5.73 Å². The van der Waals surface area contributed by atoms with Crippen LogP contribution in [0, 0.1) is 0 Å². The van der Waals surface area contributed by atoms with Gasteiger partial charge >= 0.3 is 0 Å². The maximum absolute atomic E-state index is 5.36. The molecule has 1 aromatic carbocycles. The molecule has 0 spiro atoms. The number of nitrogens with zero attached hydrogens (tertiary/aromatic N) is 1. The van der Waals surface area contributed by atoms with Crippen molar-refractivity contribution in [2.75, 3.05) is 5.75 Å². The van der Waals surface area contributed by atoms with Crippen molar-refractivity contribution in [2.45, 2.75) is 11.3 Å². The molecule has 0 amide bonds. The molecule has 0 radical (unpaired) electrons. The number of rotatable bonds is 1. The first kappa shape index (κ1) is 11.9. The van der Waals surface area contributed by atoms with Gasteiger partial charge in [0.2, 0.25) is 0 Å². The molecule has 0 unspecified atom stereocenters. The summed E-state index contributed by atoms with van der Waals surface area (Å²) in [4.78, 5) is 1.25. The number of halogens is 1. The van der Waals surface area contributed by atoms with Crippen molar-refractivity contribution in [3.05, 3.63) is 28.2 Å². The molecule has 0 aromatic heterocycles. The van der Waals surface area contributed by atoms with Crippen LogP contribution < -0.4 is 11.2 Å². The van der Waals surface area contributed by atoms with E-state index in [0.717, 1.165) is 27.9 Å². The Morgan fingerprint density at radius 3 is 3.12 bits per heavy atom. The highest BCUT2D eigenvalue weighted by Crippen LogP contribution is 2.32. The van der Waals surface area contributed by atoms with E-state index in [0.29, 0.717) is 0 Å². The highest BCUT2D eigenvalue weighted by molar-refractivity contribution is 9.10. The van der Waals surface area contributed by atoms with Gasteiger partial charge in [0.25, 0.3) is 0 Å². The minimum atomic E-state index is 0.197. The molecule has 1 heterocycles. The van der Waals surface area contributed by atoms with Crippen LogP contribution in [0.2, 0.25) is 0 Å². The summed E-state index contributed by atoms with van der Waals surface area (Å²) in [5.41, 5.74) is 10.2. The smallest absolute Gasteiger partial charge is 0.184 e. The van der Waals surface area contributed by atoms with Crippen molar-refractivity contribution < 1.29 is 0 Å². The summed E-state index contributed by atoms with van der Waals surface area (Å²) >= 11 is 10.0. The average Bonchev–Trinajstić information content (AvgIpc) is 2.26. The first-order valence-corrected chi connectivity index (χ1v) is 6.90. The van der Waals surface area contributed by atoms with Crippen LogP contribution in [-0.4, -0.2) is 16.6 Å². The number of nitrogens with two attached hydrogens (primary N) is 1. The highest BCUT2D eigenvalue weighted by atomic mass is 79.9. The molecular weight excluding hydrogens is 306 g/mol. The Morgan fingerprint density at radius 1 is 1.56 bits per heavy atom. The van der Waals surface area contributed by atoms with Gasteiger partial charge in [-0.1, -0.05) is 15.9 Å². The van der Waals surface area contributed by atoms with Crippen molar-refractivity contribution in [3.8, 4) is 0 Å². The molecule has 2 rings (SSSR count). The maximum atomic E-state index is 5.36. The summed E-state index contributed by atoms with van der Waals surface area (Å²) in [6.45, 7) is 0. The van der Waals surface area contributed by atoms with Crippen LogP contribution >= 0.6 is 39.9 Å². The third-order valence-corrected chi connectivity index (χ3v) is 3.81. The fourth-order valence-corrected chi connectivity index (χ4v) is 2.90. The molecule has 3 nitrogen and oxygen atoms in total. The molecule has 84 valence electrons. The number of hydrogen-bond acceptors (Lipinski definition) is 3. The third-order valence-electron chi connectivity index (χ3n) is 2.15. The summed E-state index contributed by atoms with van der Waals surface area (Å²) in [7, 11) is 0. The van der Waals surface area contributed by atoms with Crippen molar-refractivity contribution >= 4 is 50.7 Å². The van der Waals surface area contributed by atoms with E-state index in [2.05, 4.69) is 38.6 Å². The van der Waals surface area contributed by atoms with E-state index in [1.54, 1.807) is 0 Å². The number of fused-ring (bicyclic) bond motifs is 1. The second-order valence-electron chi connectivity index (χ2n) is 3.27. The van der Waals surface area contributed by atoms with Crippen molar-refractivity contribution in [1.29, 1.82) is 0 Å². The summed E-state index contributed by atoms with van der Waals surface area (Å²) in [5.74, 6) is 1.03. The summed E-state index contributed by atoms with van der Waals surface area (Å²) in [5, 5.41) is 4.43.